The fraction of sp³-hybridized carbons (Fsp3) is 0.705. The van der Waals surface area contributed by atoms with Crippen LogP contribution in [0.3, 0.4) is 0 Å². The van der Waals surface area contributed by atoms with E-state index in [2.05, 4.69) is 68.5 Å². The van der Waals surface area contributed by atoms with E-state index in [1.165, 1.54) is 12.1 Å². The zero-order valence-corrected chi connectivity index (χ0v) is 38.1. The molecule has 14 heteroatoms. The largest absolute Gasteiger partial charge is 0.474 e. The SMILES string of the molecule is C[C@@H]1CN(CC(=O)N2c3cc(Cc4ccc(F)cc4)c(CN4CC(O[Si](C)(C)C(C)(C)C)C4)nc3OC[C@@H]2C)C(CN2[C@H](C)COC[C@H]2C)CN1C(=O)OC(C)(C)C. The first-order chi connectivity index (χ1) is 27.1. The van der Waals surface area contributed by atoms with Crippen molar-refractivity contribution in [1.82, 2.24) is 24.6 Å². The van der Waals surface area contributed by atoms with Gasteiger partial charge in [0.15, 0.2) is 8.32 Å². The minimum atomic E-state index is -1.89. The number of pyridine rings is 1. The van der Waals surface area contributed by atoms with Crippen LogP contribution < -0.4 is 9.64 Å². The number of amides is 2. The zero-order chi connectivity index (χ0) is 42.3. The molecule has 1 aromatic heterocycles. The van der Waals surface area contributed by atoms with Gasteiger partial charge in [0.2, 0.25) is 11.8 Å². The Hall–Kier alpha value is -3.14. The quantitative estimate of drug-likeness (QED) is 0.246. The Bertz CT molecular complexity index is 1750. The molecule has 1 unspecified atom stereocenters. The van der Waals surface area contributed by atoms with Crippen molar-refractivity contribution in [2.24, 2.45) is 0 Å². The van der Waals surface area contributed by atoms with Crippen molar-refractivity contribution in [2.45, 2.75) is 142 Å². The molecule has 5 atom stereocenters. The van der Waals surface area contributed by atoms with Gasteiger partial charge in [-0.25, -0.2) is 14.2 Å². The molecule has 2 aromatic rings. The van der Waals surface area contributed by atoms with Crippen molar-refractivity contribution in [2.75, 3.05) is 64.0 Å². The second-order valence-electron chi connectivity index (χ2n) is 19.8. The number of carbonyl (C=O) groups is 2. The first-order valence-electron chi connectivity index (χ1n) is 21.3. The van der Waals surface area contributed by atoms with Crippen LogP contribution in [0.5, 0.6) is 5.88 Å². The molecule has 2 amide bonds. The smallest absolute Gasteiger partial charge is 0.410 e. The predicted octanol–water partition coefficient (Wildman–Crippen LogP) is 6.55. The summed E-state index contributed by atoms with van der Waals surface area (Å²) >= 11 is 0. The second-order valence-corrected chi connectivity index (χ2v) is 24.6. The van der Waals surface area contributed by atoms with Gasteiger partial charge in [-0.2, -0.15) is 0 Å². The molecule has 58 heavy (non-hydrogen) atoms. The highest BCUT2D eigenvalue weighted by atomic mass is 28.4. The number of nitrogens with zero attached hydrogens (tertiary/aromatic N) is 6. The van der Waals surface area contributed by atoms with E-state index < -0.39 is 13.9 Å². The van der Waals surface area contributed by atoms with Gasteiger partial charge in [0, 0.05) is 63.4 Å². The van der Waals surface area contributed by atoms with E-state index in [0.29, 0.717) is 64.0 Å². The van der Waals surface area contributed by atoms with Gasteiger partial charge in [-0.3, -0.25) is 19.5 Å². The molecule has 3 fully saturated rings. The lowest BCUT2D eigenvalue weighted by atomic mass is 10.0. The van der Waals surface area contributed by atoms with Crippen LogP contribution in [0.15, 0.2) is 30.3 Å². The third-order valence-corrected chi connectivity index (χ3v) is 17.2. The Morgan fingerprint density at radius 1 is 0.897 bits per heavy atom. The molecule has 6 rings (SSSR count). The number of anilines is 1. The Labute approximate surface area is 347 Å². The van der Waals surface area contributed by atoms with Crippen molar-refractivity contribution in [1.29, 1.82) is 0 Å². The molecule has 12 nitrogen and oxygen atoms in total. The van der Waals surface area contributed by atoms with Crippen molar-refractivity contribution in [3.8, 4) is 5.88 Å². The topological polar surface area (TPSA) is 100 Å². The van der Waals surface area contributed by atoms with Gasteiger partial charge >= 0.3 is 6.09 Å². The van der Waals surface area contributed by atoms with E-state index in [0.717, 1.165) is 29.9 Å². The minimum absolute atomic E-state index is 0.0429. The molecular formula is C44H69FN6O6Si. The average molecular weight is 825 g/mol. The molecule has 0 saturated carbocycles. The van der Waals surface area contributed by atoms with Crippen molar-refractivity contribution < 1.29 is 32.6 Å². The molecule has 0 spiro atoms. The number of ether oxygens (including phenoxy) is 3. The van der Waals surface area contributed by atoms with Crippen LogP contribution in [0.4, 0.5) is 14.9 Å². The number of benzene rings is 1. The highest BCUT2D eigenvalue weighted by Crippen LogP contribution is 2.39. The van der Waals surface area contributed by atoms with E-state index in [4.69, 9.17) is 23.6 Å². The molecule has 4 aliphatic heterocycles. The summed E-state index contributed by atoms with van der Waals surface area (Å²) < 4.78 is 38.6. The zero-order valence-electron chi connectivity index (χ0n) is 37.1. The lowest BCUT2D eigenvalue weighted by Gasteiger charge is -2.49. The van der Waals surface area contributed by atoms with Gasteiger partial charge in [-0.15, -0.1) is 0 Å². The predicted molar refractivity (Wildman–Crippen MR) is 227 cm³/mol. The van der Waals surface area contributed by atoms with Crippen LogP contribution in [0, 0.1) is 5.82 Å². The fourth-order valence-electron chi connectivity index (χ4n) is 8.32. The normalized spacial score (nSPS) is 25.6. The maximum absolute atomic E-state index is 14.8. The maximum atomic E-state index is 14.8. The number of hydrogen-bond acceptors (Lipinski definition) is 10. The van der Waals surface area contributed by atoms with Gasteiger partial charge in [-0.05, 0) is 102 Å². The van der Waals surface area contributed by atoms with E-state index in [-0.39, 0.29) is 65.7 Å². The van der Waals surface area contributed by atoms with Crippen LogP contribution in [-0.4, -0.2) is 146 Å². The highest BCUT2D eigenvalue weighted by molar-refractivity contribution is 6.74. The third-order valence-electron chi connectivity index (χ3n) is 12.6. The highest BCUT2D eigenvalue weighted by Gasteiger charge is 2.44. The number of fused-ring (bicyclic) bond motifs is 1. The summed E-state index contributed by atoms with van der Waals surface area (Å²) in [7, 11) is -1.89. The molecule has 0 radical (unpaired) electrons. The molecular weight excluding hydrogens is 756 g/mol. The van der Waals surface area contributed by atoms with E-state index in [1.807, 2.05) is 56.6 Å². The Kier molecular flexibility index (Phi) is 13.4. The molecule has 0 N–H and O–H groups in total. The molecule has 5 heterocycles. The standard InChI is InChI=1S/C44H69FN6O6Si/c1-29-19-48(36(20-49-30(2)26-54-27-31(49)3)21-50(29)42(53)56-43(5,6)7)25-40(52)51-32(4)28-55-41-39(51)18-34(17-33-13-15-35(45)16-14-33)38(46-41)24-47-22-37(23-47)57-58(11,12)44(8,9)10/h13-16,18,29-32,36-37H,17,19-28H2,1-12H3/t29-,30-,31-,32+,36?/m1/s1. The van der Waals surface area contributed by atoms with Crippen molar-refractivity contribution in [3.05, 3.63) is 53.0 Å². The molecule has 3 saturated heterocycles. The monoisotopic (exact) mass is 825 g/mol. The number of rotatable bonds is 10. The summed E-state index contributed by atoms with van der Waals surface area (Å²) in [5.74, 6) is 0.130. The number of aromatic nitrogens is 1. The Morgan fingerprint density at radius 2 is 1.55 bits per heavy atom. The number of halogens is 1. The molecule has 4 aliphatic rings. The first-order valence-corrected chi connectivity index (χ1v) is 24.2. The first kappa shape index (κ1) is 44.4. The maximum Gasteiger partial charge on any atom is 0.410 e. The summed E-state index contributed by atoms with van der Waals surface area (Å²) in [4.78, 5) is 44.1. The lowest BCUT2D eigenvalue weighted by Crippen LogP contribution is -2.65. The van der Waals surface area contributed by atoms with E-state index in [1.54, 1.807) is 0 Å². The summed E-state index contributed by atoms with van der Waals surface area (Å²) in [5.41, 5.74) is 2.85. The summed E-state index contributed by atoms with van der Waals surface area (Å²) in [6, 6.07) is 8.56. The number of piperazine rings is 1. The fourth-order valence-corrected chi connectivity index (χ4v) is 9.65. The Balaban J connectivity index is 1.25. The van der Waals surface area contributed by atoms with Gasteiger partial charge in [0.05, 0.1) is 37.6 Å². The van der Waals surface area contributed by atoms with Gasteiger partial charge < -0.3 is 28.4 Å². The average Bonchev–Trinajstić information content (AvgIpc) is 3.09. The van der Waals surface area contributed by atoms with Gasteiger partial charge in [0.25, 0.3) is 0 Å². The van der Waals surface area contributed by atoms with Crippen LogP contribution in [0.2, 0.25) is 18.1 Å². The van der Waals surface area contributed by atoms with Crippen LogP contribution in [0.1, 0.15) is 86.1 Å². The van der Waals surface area contributed by atoms with Crippen molar-refractivity contribution in [3.63, 3.8) is 0 Å². The summed E-state index contributed by atoms with van der Waals surface area (Å²) in [6.07, 6.45) is 0.394. The van der Waals surface area contributed by atoms with E-state index in [9.17, 15) is 14.0 Å². The van der Waals surface area contributed by atoms with Crippen LogP contribution in [-0.2, 0) is 31.7 Å². The van der Waals surface area contributed by atoms with Crippen LogP contribution >= 0.6 is 0 Å². The van der Waals surface area contributed by atoms with Gasteiger partial charge in [0.1, 0.15) is 23.7 Å². The van der Waals surface area contributed by atoms with Crippen molar-refractivity contribution >= 4 is 26.0 Å². The van der Waals surface area contributed by atoms with Crippen LogP contribution in [0.25, 0.3) is 0 Å². The molecule has 0 aliphatic carbocycles. The third kappa shape index (κ3) is 10.4. The molecule has 322 valence electrons. The van der Waals surface area contributed by atoms with Gasteiger partial charge in [-0.1, -0.05) is 32.9 Å². The minimum Gasteiger partial charge on any atom is -0.474 e. The number of likely N-dealkylation sites (tertiary alicyclic amines) is 1. The Morgan fingerprint density at radius 3 is 2.17 bits per heavy atom. The summed E-state index contributed by atoms with van der Waals surface area (Å²) in [5, 5.41) is 0.140. The number of hydrogen-bond donors (Lipinski definition) is 0. The van der Waals surface area contributed by atoms with E-state index >= 15 is 0 Å². The lowest BCUT2D eigenvalue weighted by molar-refractivity contribution is -0.123. The molecule has 0 bridgehead atoms. The molecule has 1 aromatic carbocycles. The summed E-state index contributed by atoms with van der Waals surface area (Å²) in [6.45, 7) is 31.1. The number of carbonyl (C=O) groups excluding carboxylic acids is 2. The second kappa shape index (κ2) is 17.5. The number of morpholine rings is 1.